The van der Waals surface area contributed by atoms with Crippen LogP contribution in [0.5, 0.6) is 0 Å². The van der Waals surface area contributed by atoms with E-state index in [-0.39, 0.29) is 23.8 Å². The molecule has 0 aromatic carbocycles. The number of piperidine rings is 2. The predicted octanol–water partition coefficient (Wildman–Crippen LogP) is 2.29. The normalized spacial score (nSPS) is 21.2. The Hall–Kier alpha value is -2.68. The van der Waals surface area contributed by atoms with Crippen LogP contribution < -0.4 is 10.2 Å². The summed E-state index contributed by atoms with van der Waals surface area (Å²) >= 11 is 0. The summed E-state index contributed by atoms with van der Waals surface area (Å²) in [5.41, 5.74) is 0.827. The summed E-state index contributed by atoms with van der Waals surface area (Å²) in [4.78, 5) is 36.9. The lowest BCUT2D eigenvalue weighted by Gasteiger charge is -2.32. The molecule has 2 aromatic rings. The van der Waals surface area contributed by atoms with E-state index in [1.165, 1.54) is 0 Å². The van der Waals surface area contributed by atoms with Gasteiger partial charge in [0.2, 0.25) is 0 Å². The molecule has 2 fully saturated rings. The van der Waals surface area contributed by atoms with E-state index in [0.717, 1.165) is 62.2 Å². The topological polar surface area (TPSA) is 109 Å². The zero-order valence-electron chi connectivity index (χ0n) is 18.4. The number of rotatable bonds is 5. The standard InChI is InChI=1S/C14H18N4O2.C8H15NO2/c1-2-20-14(19)10-4-3-7-18(8-10)13-11-5-6-15-12(11)16-9-17-13;1-2-11-8(10)7-4-3-5-9-6-7/h5-6,9-10H,2-4,7-8H2,1H3,(H,15,16,17);7,9H,2-6H2,1H3. The van der Waals surface area contributed by atoms with E-state index in [0.29, 0.717) is 19.8 Å². The monoisotopic (exact) mass is 431 g/mol. The fourth-order valence-electron chi connectivity index (χ4n) is 4.05. The second kappa shape index (κ2) is 11.6. The number of nitrogens with one attached hydrogen (secondary N) is 2. The number of hydrogen-bond acceptors (Lipinski definition) is 8. The predicted molar refractivity (Wildman–Crippen MR) is 118 cm³/mol. The molecule has 0 bridgehead atoms. The molecule has 0 spiro atoms. The number of esters is 2. The molecule has 2 unspecified atom stereocenters. The van der Waals surface area contributed by atoms with Crippen molar-refractivity contribution in [2.45, 2.75) is 39.5 Å². The van der Waals surface area contributed by atoms with Crippen LogP contribution >= 0.6 is 0 Å². The van der Waals surface area contributed by atoms with Crippen molar-refractivity contribution < 1.29 is 19.1 Å². The lowest BCUT2D eigenvalue weighted by atomic mass is 9.98. The molecule has 9 heteroatoms. The van der Waals surface area contributed by atoms with E-state index in [1.54, 1.807) is 6.33 Å². The highest BCUT2D eigenvalue weighted by Crippen LogP contribution is 2.27. The quantitative estimate of drug-likeness (QED) is 0.694. The van der Waals surface area contributed by atoms with Gasteiger partial charge in [0.1, 0.15) is 17.8 Å². The number of carbonyl (C=O) groups excluding carboxylic acids is 2. The lowest BCUT2D eigenvalue weighted by molar-refractivity contribution is -0.149. The van der Waals surface area contributed by atoms with Crippen LogP contribution in [0.2, 0.25) is 0 Å². The average molecular weight is 432 g/mol. The van der Waals surface area contributed by atoms with Crippen molar-refractivity contribution in [3.05, 3.63) is 18.6 Å². The average Bonchev–Trinajstić information content (AvgIpc) is 3.30. The number of fused-ring (bicyclic) bond motifs is 1. The minimum Gasteiger partial charge on any atom is -0.466 e. The van der Waals surface area contributed by atoms with Gasteiger partial charge in [-0.1, -0.05) is 0 Å². The summed E-state index contributed by atoms with van der Waals surface area (Å²) in [6.45, 7) is 8.01. The molecule has 9 nitrogen and oxygen atoms in total. The molecule has 4 rings (SSSR count). The summed E-state index contributed by atoms with van der Waals surface area (Å²) in [6, 6.07) is 1.97. The second-order valence-corrected chi connectivity index (χ2v) is 7.77. The Morgan fingerprint density at radius 3 is 2.55 bits per heavy atom. The number of hydrogen-bond donors (Lipinski definition) is 2. The fraction of sp³-hybridized carbons (Fsp3) is 0.636. The molecule has 0 radical (unpaired) electrons. The van der Waals surface area contributed by atoms with Crippen LogP contribution in [0, 0.1) is 11.8 Å². The number of anilines is 1. The Bertz CT molecular complexity index is 849. The third-order valence-electron chi connectivity index (χ3n) is 5.59. The van der Waals surface area contributed by atoms with E-state index in [1.807, 2.05) is 26.1 Å². The van der Waals surface area contributed by atoms with Crippen molar-refractivity contribution in [2.24, 2.45) is 11.8 Å². The van der Waals surface area contributed by atoms with Gasteiger partial charge in [-0.05, 0) is 52.1 Å². The first-order valence-electron chi connectivity index (χ1n) is 11.2. The number of aromatic amines is 1. The van der Waals surface area contributed by atoms with Crippen LogP contribution in [-0.2, 0) is 19.1 Å². The van der Waals surface area contributed by atoms with Gasteiger partial charge < -0.3 is 24.7 Å². The van der Waals surface area contributed by atoms with Crippen molar-refractivity contribution in [3.63, 3.8) is 0 Å². The number of H-pyrrole nitrogens is 1. The van der Waals surface area contributed by atoms with Crippen LogP contribution in [0.15, 0.2) is 18.6 Å². The van der Waals surface area contributed by atoms with Gasteiger partial charge in [-0.3, -0.25) is 9.59 Å². The van der Waals surface area contributed by atoms with Crippen LogP contribution in [0.4, 0.5) is 5.82 Å². The SMILES string of the molecule is CCOC(=O)C1CCCN(c2ncnc3[nH]ccc23)C1.CCOC(=O)C1CCCNC1. The van der Waals surface area contributed by atoms with Gasteiger partial charge in [0.05, 0.1) is 30.4 Å². The maximum absolute atomic E-state index is 11.9. The highest BCUT2D eigenvalue weighted by Gasteiger charge is 2.28. The van der Waals surface area contributed by atoms with Crippen molar-refractivity contribution in [1.29, 1.82) is 0 Å². The zero-order chi connectivity index (χ0) is 22.1. The third kappa shape index (κ3) is 6.16. The van der Waals surface area contributed by atoms with E-state index >= 15 is 0 Å². The number of ether oxygens (including phenoxy) is 2. The summed E-state index contributed by atoms with van der Waals surface area (Å²) < 4.78 is 10.0. The smallest absolute Gasteiger partial charge is 0.310 e. The van der Waals surface area contributed by atoms with Gasteiger partial charge in [-0.25, -0.2) is 9.97 Å². The molecule has 0 saturated carbocycles. The van der Waals surface area contributed by atoms with E-state index < -0.39 is 0 Å². The second-order valence-electron chi connectivity index (χ2n) is 7.77. The van der Waals surface area contributed by atoms with Crippen LogP contribution in [-0.4, -0.2) is 66.3 Å². The number of nitrogens with zero attached hydrogens (tertiary/aromatic N) is 3. The Balaban J connectivity index is 0.000000210. The molecule has 2 aliphatic rings. The van der Waals surface area contributed by atoms with E-state index in [4.69, 9.17) is 9.47 Å². The molecule has 0 aliphatic carbocycles. The molecule has 2 atom stereocenters. The van der Waals surface area contributed by atoms with Crippen LogP contribution in [0.3, 0.4) is 0 Å². The van der Waals surface area contributed by atoms with Gasteiger partial charge in [-0.2, -0.15) is 0 Å². The van der Waals surface area contributed by atoms with E-state index in [9.17, 15) is 9.59 Å². The van der Waals surface area contributed by atoms with Gasteiger partial charge in [0, 0.05) is 25.8 Å². The molecule has 0 amide bonds. The summed E-state index contributed by atoms with van der Waals surface area (Å²) in [5, 5.41) is 4.17. The van der Waals surface area contributed by atoms with Crippen LogP contribution in [0.1, 0.15) is 39.5 Å². The fourth-order valence-corrected chi connectivity index (χ4v) is 4.05. The number of carbonyl (C=O) groups is 2. The van der Waals surface area contributed by atoms with Crippen molar-refractivity contribution >= 4 is 28.8 Å². The minimum atomic E-state index is -0.100. The third-order valence-corrected chi connectivity index (χ3v) is 5.59. The van der Waals surface area contributed by atoms with Gasteiger partial charge in [0.15, 0.2) is 0 Å². The van der Waals surface area contributed by atoms with Crippen molar-refractivity contribution in [3.8, 4) is 0 Å². The van der Waals surface area contributed by atoms with Crippen LogP contribution in [0.25, 0.3) is 11.0 Å². The molecular weight excluding hydrogens is 398 g/mol. The summed E-state index contributed by atoms with van der Waals surface area (Å²) in [7, 11) is 0. The highest BCUT2D eigenvalue weighted by molar-refractivity contribution is 5.87. The van der Waals surface area contributed by atoms with Gasteiger partial charge >= 0.3 is 11.9 Å². The molecule has 31 heavy (non-hydrogen) atoms. The first-order chi connectivity index (χ1) is 15.1. The van der Waals surface area contributed by atoms with Crippen molar-refractivity contribution in [2.75, 3.05) is 44.3 Å². The Labute approximate surface area is 182 Å². The Morgan fingerprint density at radius 1 is 1.10 bits per heavy atom. The minimum absolute atomic E-state index is 0.0419. The summed E-state index contributed by atoms with van der Waals surface area (Å²) in [6.07, 6.45) is 7.34. The molecule has 170 valence electrons. The lowest BCUT2D eigenvalue weighted by Crippen LogP contribution is -2.40. The highest BCUT2D eigenvalue weighted by atomic mass is 16.5. The van der Waals surface area contributed by atoms with Crippen molar-refractivity contribution in [1.82, 2.24) is 20.3 Å². The number of aromatic nitrogens is 3. The first-order valence-corrected chi connectivity index (χ1v) is 11.2. The molecule has 2 aliphatic heterocycles. The molecule has 4 heterocycles. The Kier molecular flexibility index (Phi) is 8.63. The molecule has 2 N–H and O–H groups in total. The largest absolute Gasteiger partial charge is 0.466 e. The molecule has 2 saturated heterocycles. The molecule has 2 aromatic heterocycles. The maximum Gasteiger partial charge on any atom is 0.310 e. The summed E-state index contributed by atoms with van der Waals surface area (Å²) in [5.74, 6) is 0.790. The van der Waals surface area contributed by atoms with E-state index in [2.05, 4.69) is 25.2 Å². The zero-order valence-corrected chi connectivity index (χ0v) is 18.4. The molecular formula is C22H33N5O4. The first kappa shape index (κ1) is 23.0. The van der Waals surface area contributed by atoms with Gasteiger partial charge in [-0.15, -0.1) is 0 Å². The maximum atomic E-state index is 11.9. The Morgan fingerprint density at radius 2 is 1.84 bits per heavy atom. The van der Waals surface area contributed by atoms with Gasteiger partial charge in [0.25, 0.3) is 0 Å².